The van der Waals surface area contributed by atoms with Crippen LogP contribution in [0.1, 0.15) is 26.4 Å². The van der Waals surface area contributed by atoms with Crippen LogP contribution in [-0.2, 0) is 0 Å². The molecule has 1 aromatic carbocycles. The Morgan fingerprint density at radius 3 is 2.31 bits per heavy atom. The second-order valence-electron chi connectivity index (χ2n) is 3.92. The van der Waals surface area contributed by atoms with E-state index >= 15 is 0 Å². The minimum absolute atomic E-state index is 0.193. The molecule has 1 atom stereocenters. The highest BCUT2D eigenvalue weighted by Crippen LogP contribution is 2.39. The van der Waals surface area contributed by atoms with Crippen LogP contribution in [0.2, 0.25) is 5.02 Å². The van der Waals surface area contributed by atoms with Crippen LogP contribution in [0.4, 0.5) is 0 Å². The Morgan fingerprint density at radius 1 is 1.19 bits per heavy atom. The van der Waals surface area contributed by atoms with Gasteiger partial charge in [0.25, 0.3) is 0 Å². The lowest BCUT2D eigenvalue weighted by molar-refractivity contribution is 1.19. The summed E-state index contributed by atoms with van der Waals surface area (Å²) < 4.78 is 0. The maximum atomic E-state index is 6.14. The molecule has 0 saturated carbocycles. The topological polar surface area (TPSA) is 0 Å². The minimum atomic E-state index is 0.193. The van der Waals surface area contributed by atoms with E-state index in [-0.39, 0.29) is 4.83 Å². The molecule has 0 amide bonds. The average molecular weight is 316 g/mol. The van der Waals surface area contributed by atoms with E-state index in [1.54, 1.807) is 11.3 Å². The minimum Gasteiger partial charge on any atom is -0.146 e. The van der Waals surface area contributed by atoms with Gasteiger partial charge in [0, 0.05) is 4.88 Å². The molecule has 16 heavy (non-hydrogen) atoms. The lowest BCUT2D eigenvalue weighted by atomic mass is 10.0. The van der Waals surface area contributed by atoms with Crippen molar-refractivity contribution >= 4 is 38.9 Å². The van der Waals surface area contributed by atoms with Gasteiger partial charge in [-0.3, -0.25) is 0 Å². The molecule has 0 aliphatic rings. The number of aryl methyl sites for hydroxylation is 2. The fourth-order valence-corrected chi connectivity index (χ4v) is 3.93. The van der Waals surface area contributed by atoms with Gasteiger partial charge in [0.2, 0.25) is 0 Å². The van der Waals surface area contributed by atoms with Gasteiger partial charge in [-0.1, -0.05) is 56.9 Å². The fourth-order valence-electron chi connectivity index (χ4n) is 1.79. The standard InChI is InChI=1S/C13H12BrClS/c1-8-5-9(2)7-10(6-8)12(14)13-11(15)3-4-16-13/h3-7,12H,1-2H3. The number of benzene rings is 1. The molecule has 0 bridgehead atoms. The molecule has 84 valence electrons. The van der Waals surface area contributed by atoms with E-state index in [4.69, 9.17) is 11.6 Å². The Labute approximate surface area is 113 Å². The predicted molar refractivity (Wildman–Crippen MR) is 76.0 cm³/mol. The summed E-state index contributed by atoms with van der Waals surface area (Å²) in [5, 5.41) is 2.86. The van der Waals surface area contributed by atoms with E-state index in [2.05, 4.69) is 48.0 Å². The summed E-state index contributed by atoms with van der Waals surface area (Å²) in [6, 6.07) is 8.52. The first-order valence-corrected chi connectivity index (χ1v) is 7.20. The molecule has 3 heteroatoms. The van der Waals surface area contributed by atoms with Crippen LogP contribution in [0.5, 0.6) is 0 Å². The van der Waals surface area contributed by atoms with Gasteiger partial charge in [-0.05, 0) is 30.9 Å². The lowest BCUT2D eigenvalue weighted by Gasteiger charge is -2.11. The summed E-state index contributed by atoms with van der Waals surface area (Å²) in [5.41, 5.74) is 3.83. The highest BCUT2D eigenvalue weighted by molar-refractivity contribution is 9.09. The molecule has 0 spiro atoms. The summed E-state index contributed by atoms with van der Waals surface area (Å²) in [6.45, 7) is 4.23. The SMILES string of the molecule is Cc1cc(C)cc(C(Br)c2sccc2Cl)c1. The molecule has 2 rings (SSSR count). The van der Waals surface area contributed by atoms with Crippen LogP contribution in [-0.4, -0.2) is 0 Å². The van der Waals surface area contributed by atoms with Crippen molar-refractivity contribution in [3.63, 3.8) is 0 Å². The summed E-state index contributed by atoms with van der Waals surface area (Å²) in [5.74, 6) is 0. The van der Waals surface area contributed by atoms with Crippen molar-refractivity contribution in [2.45, 2.75) is 18.7 Å². The molecular formula is C13H12BrClS. The molecule has 0 N–H and O–H groups in total. The van der Waals surface area contributed by atoms with Gasteiger partial charge < -0.3 is 0 Å². The van der Waals surface area contributed by atoms with Gasteiger partial charge in [0.1, 0.15) is 0 Å². The van der Waals surface area contributed by atoms with Crippen molar-refractivity contribution in [3.05, 3.63) is 56.2 Å². The number of thiophene rings is 1. The third-order valence-electron chi connectivity index (χ3n) is 2.41. The maximum absolute atomic E-state index is 6.14. The van der Waals surface area contributed by atoms with Crippen molar-refractivity contribution in [3.8, 4) is 0 Å². The van der Waals surface area contributed by atoms with Crippen LogP contribution in [0.15, 0.2) is 29.6 Å². The monoisotopic (exact) mass is 314 g/mol. The van der Waals surface area contributed by atoms with Crippen molar-refractivity contribution in [1.82, 2.24) is 0 Å². The van der Waals surface area contributed by atoms with E-state index in [0.717, 1.165) is 5.02 Å². The highest BCUT2D eigenvalue weighted by atomic mass is 79.9. The third-order valence-corrected chi connectivity index (χ3v) is 5.12. The van der Waals surface area contributed by atoms with Crippen LogP contribution in [0.25, 0.3) is 0 Å². The number of hydrogen-bond acceptors (Lipinski definition) is 1. The van der Waals surface area contributed by atoms with E-state index in [1.165, 1.54) is 21.6 Å². The fraction of sp³-hybridized carbons (Fsp3) is 0.231. The Morgan fingerprint density at radius 2 is 1.81 bits per heavy atom. The van der Waals surface area contributed by atoms with Crippen LogP contribution in [0, 0.1) is 13.8 Å². The normalized spacial score (nSPS) is 12.8. The Hall–Kier alpha value is -0.310. The smallest absolute Gasteiger partial charge is 0.0753 e. The molecule has 1 heterocycles. The Balaban J connectivity index is 2.41. The van der Waals surface area contributed by atoms with Crippen LogP contribution in [0.3, 0.4) is 0 Å². The highest BCUT2D eigenvalue weighted by Gasteiger charge is 2.15. The molecule has 0 fully saturated rings. The van der Waals surface area contributed by atoms with E-state index < -0.39 is 0 Å². The molecule has 1 unspecified atom stereocenters. The van der Waals surface area contributed by atoms with E-state index in [9.17, 15) is 0 Å². The second-order valence-corrected chi connectivity index (χ2v) is 6.19. The molecule has 0 aliphatic carbocycles. The van der Waals surface area contributed by atoms with E-state index in [1.807, 2.05) is 11.4 Å². The third kappa shape index (κ3) is 2.50. The lowest BCUT2D eigenvalue weighted by Crippen LogP contribution is -1.92. The predicted octanol–water partition coefficient (Wildman–Crippen LogP) is 5.50. The zero-order chi connectivity index (χ0) is 11.7. The van der Waals surface area contributed by atoms with Crippen LogP contribution < -0.4 is 0 Å². The van der Waals surface area contributed by atoms with E-state index in [0.29, 0.717) is 0 Å². The van der Waals surface area contributed by atoms with Crippen molar-refractivity contribution in [2.24, 2.45) is 0 Å². The van der Waals surface area contributed by atoms with Gasteiger partial charge >= 0.3 is 0 Å². The number of alkyl halides is 1. The van der Waals surface area contributed by atoms with Gasteiger partial charge in [0.15, 0.2) is 0 Å². The van der Waals surface area contributed by atoms with Gasteiger partial charge in [-0.25, -0.2) is 0 Å². The zero-order valence-electron chi connectivity index (χ0n) is 9.13. The Bertz CT molecular complexity index is 484. The summed E-state index contributed by atoms with van der Waals surface area (Å²) in [7, 11) is 0. The maximum Gasteiger partial charge on any atom is 0.0753 e. The van der Waals surface area contributed by atoms with Gasteiger partial charge in [0.05, 0.1) is 9.85 Å². The van der Waals surface area contributed by atoms with Gasteiger partial charge in [-0.2, -0.15) is 0 Å². The van der Waals surface area contributed by atoms with Crippen molar-refractivity contribution < 1.29 is 0 Å². The first kappa shape index (κ1) is 12.2. The molecule has 0 aliphatic heterocycles. The Kier molecular flexibility index (Phi) is 3.73. The number of hydrogen-bond donors (Lipinski definition) is 0. The molecule has 1 aromatic heterocycles. The molecule has 0 nitrogen and oxygen atoms in total. The summed E-state index contributed by atoms with van der Waals surface area (Å²) in [6.07, 6.45) is 0. The summed E-state index contributed by atoms with van der Waals surface area (Å²) >= 11 is 11.5. The van der Waals surface area contributed by atoms with Gasteiger partial charge in [-0.15, -0.1) is 11.3 Å². The molecule has 0 saturated heterocycles. The molecular weight excluding hydrogens is 304 g/mol. The number of halogens is 2. The molecule has 0 radical (unpaired) electrons. The summed E-state index contributed by atoms with van der Waals surface area (Å²) in [4.78, 5) is 1.37. The molecule has 2 aromatic rings. The zero-order valence-corrected chi connectivity index (χ0v) is 12.3. The largest absolute Gasteiger partial charge is 0.146 e. The van der Waals surface area contributed by atoms with Crippen molar-refractivity contribution in [2.75, 3.05) is 0 Å². The van der Waals surface area contributed by atoms with Crippen LogP contribution >= 0.6 is 38.9 Å². The first-order chi connectivity index (χ1) is 7.58. The number of rotatable bonds is 2. The first-order valence-electron chi connectivity index (χ1n) is 5.03. The quantitative estimate of drug-likeness (QED) is 0.642. The average Bonchev–Trinajstić information content (AvgIpc) is 2.62. The second kappa shape index (κ2) is 4.91. The van der Waals surface area contributed by atoms with Crippen molar-refractivity contribution in [1.29, 1.82) is 0 Å².